The second-order valence-electron chi connectivity index (χ2n) is 30.3. The molecule has 0 aromatic carbocycles. The van der Waals surface area contributed by atoms with Crippen LogP contribution in [-0.4, -0.2) is 96.7 Å². The van der Waals surface area contributed by atoms with Gasteiger partial charge in [-0.3, -0.25) is 37.3 Å². The Morgan fingerprint density at radius 1 is 0.265 bits per heavy atom. The van der Waals surface area contributed by atoms with E-state index in [1.165, 1.54) is 270 Å². The molecule has 102 heavy (non-hydrogen) atoms. The molecule has 2 unspecified atom stereocenters. The molecule has 5 atom stereocenters. The number of carbonyl (C=O) groups excluding carboxylic acids is 4. The van der Waals surface area contributed by atoms with Crippen molar-refractivity contribution in [2.75, 3.05) is 39.6 Å². The van der Waals surface area contributed by atoms with Gasteiger partial charge in [-0.05, 0) is 31.6 Å². The molecule has 0 heterocycles. The average Bonchev–Trinajstić information content (AvgIpc) is 0.913. The van der Waals surface area contributed by atoms with Gasteiger partial charge in [0.05, 0.1) is 26.4 Å². The van der Waals surface area contributed by atoms with Crippen LogP contribution in [0.5, 0.6) is 0 Å². The highest BCUT2D eigenvalue weighted by atomic mass is 31.2. The topological polar surface area (TPSA) is 237 Å². The SMILES string of the molecule is CCCCCCCCCCCCCCCCCCCC(=O)OC[C@H](COP(=O)(O)OC[C@@H](O)COP(=O)(O)OC[C@@H](COC(=O)CCCCCCCCCCCCCC)OC(=O)CCCCCCCCCCCCCCCC(C)C)OC(=O)CCCCCCCCCCCCCCCCCCC. The van der Waals surface area contributed by atoms with E-state index in [0.717, 1.165) is 95.8 Å². The van der Waals surface area contributed by atoms with Crippen LogP contribution in [-0.2, 0) is 65.4 Å². The smallest absolute Gasteiger partial charge is 0.462 e. The Hall–Kier alpha value is -1.94. The minimum atomic E-state index is -4.96. The third-order valence-electron chi connectivity index (χ3n) is 19.5. The Labute approximate surface area is 626 Å². The third-order valence-corrected chi connectivity index (χ3v) is 21.4. The molecule has 0 rings (SSSR count). The molecule has 0 amide bonds. The maximum Gasteiger partial charge on any atom is 0.472 e. The van der Waals surface area contributed by atoms with Crippen molar-refractivity contribution in [2.45, 2.75) is 464 Å². The molecule has 0 saturated carbocycles. The Bertz CT molecular complexity index is 1940. The minimum absolute atomic E-state index is 0.108. The number of carbonyl (C=O) groups is 4. The van der Waals surface area contributed by atoms with Gasteiger partial charge in [0.15, 0.2) is 12.2 Å². The van der Waals surface area contributed by atoms with Gasteiger partial charge in [0, 0.05) is 25.7 Å². The summed E-state index contributed by atoms with van der Waals surface area (Å²) in [6.07, 6.45) is 67.8. The van der Waals surface area contributed by atoms with E-state index in [0.29, 0.717) is 25.7 Å². The van der Waals surface area contributed by atoms with E-state index < -0.39 is 97.5 Å². The highest BCUT2D eigenvalue weighted by Crippen LogP contribution is 2.45. The van der Waals surface area contributed by atoms with Crippen LogP contribution in [0.25, 0.3) is 0 Å². The lowest BCUT2D eigenvalue weighted by molar-refractivity contribution is -0.161. The van der Waals surface area contributed by atoms with Gasteiger partial charge in [0.25, 0.3) is 0 Å². The van der Waals surface area contributed by atoms with Gasteiger partial charge in [0.2, 0.25) is 0 Å². The number of unbranched alkanes of at least 4 members (excludes halogenated alkanes) is 55. The molecule has 0 saturated heterocycles. The van der Waals surface area contributed by atoms with Gasteiger partial charge >= 0.3 is 39.5 Å². The Morgan fingerprint density at radius 3 is 0.667 bits per heavy atom. The van der Waals surface area contributed by atoms with Crippen molar-refractivity contribution in [1.82, 2.24) is 0 Å². The third kappa shape index (κ3) is 76.3. The van der Waals surface area contributed by atoms with Crippen molar-refractivity contribution in [2.24, 2.45) is 5.92 Å². The van der Waals surface area contributed by atoms with E-state index in [4.69, 9.17) is 37.0 Å². The lowest BCUT2D eigenvalue weighted by Gasteiger charge is -2.21. The molecule has 0 bridgehead atoms. The number of phosphoric acid groups is 2. The molecule has 3 N–H and O–H groups in total. The van der Waals surface area contributed by atoms with Gasteiger partial charge in [-0.25, -0.2) is 9.13 Å². The minimum Gasteiger partial charge on any atom is -0.462 e. The summed E-state index contributed by atoms with van der Waals surface area (Å²) in [7, 11) is -9.92. The van der Waals surface area contributed by atoms with Crippen LogP contribution in [0.4, 0.5) is 0 Å². The number of esters is 4. The van der Waals surface area contributed by atoms with E-state index in [2.05, 4.69) is 34.6 Å². The monoisotopic (exact) mass is 1490 g/mol. The van der Waals surface area contributed by atoms with Crippen molar-refractivity contribution in [3.63, 3.8) is 0 Å². The molecular weight excluding hydrogens is 1330 g/mol. The number of ether oxygens (including phenoxy) is 4. The Morgan fingerprint density at radius 2 is 0.451 bits per heavy atom. The van der Waals surface area contributed by atoms with Crippen LogP contribution in [0.2, 0.25) is 0 Å². The molecule has 606 valence electrons. The maximum absolute atomic E-state index is 13.1. The standard InChI is InChI=1S/C83H162O17P2/c1-6-9-12-15-18-21-24-27-29-31-33-37-42-47-52-57-62-67-81(86)94-73-79(99-82(87)68-63-58-53-48-43-38-34-32-30-28-25-22-19-16-13-10-7-2)75-98-102(91,92)96-71-77(84)70-95-101(89,90)97-74-78(72-93-80(85)66-61-56-51-46-41-26-23-20-17-14-11-8-3)100-83(88)69-64-59-54-49-44-39-35-36-40-45-50-55-60-65-76(4)5/h76-79,84H,6-75H2,1-5H3,(H,89,90)(H,91,92)/t77-,78+,79+/m0/s1. The fraction of sp³-hybridized carbons (Fsp3) is 0.952. The fourth-order valence-corrected chi connectivity index (χ4v) is 14.5. The molecule has 17 nitrogen and oxygen atoms in total. The van der Waals surface area contributed by atoms with Crippen molar-refractivity contribution in [3.8, 4) is 0 Å². The molecule has 0 aliphatic heterocycles. The lowest BCUT2D eigenvalue weighted by atomic mass is 10.0. The lowest BCUT2D eigenvalue weighted by Crippen LogP contribution is -2.30. The van der Waals surface area contributed by atoms with Gasteiger partial charge in [-0.2, -0.15) is 0 Å². The molecule has 0 fully saturated rings. The Kier molecular flexibility index (Phi) is 74.4. The summed E-state index contributed by atoms with van der Waals surface area (Å²) in [6.45, 7) is 7.37. The zero-order valence-electron chi connectivity index (χ0n) is 66.8. The summed E-state index contributed by atoms with van der Waals surface area (Å²) in [4.78, 5) is 73.2. The van der Waals surface area contributed by atoms with E-state index in [1.54, 1.807) is 0 Å². The predicted molar refractivity (Wildman–Crippen MR) is 418 cm³/mol. The molecule has 0 spiro atoms. The van der Waals surface area contributed by atoms with Crippen LogP contribution < -0.4 is 0 Å². The molecule has 0 aliphatic carbocycles. The Balaban J connectivity index is 5.26. The number of aliphatic hydroxyl groups excluding tert-OH is 1. The van der Waals surface area contributed by atoms with Gasteiger partial charge in [-0.1, -0.05) is 394 Å². The second kappa shape index (κ2) is 75.9. The van der Waals surface area contributed by atoms with E-state index in [1.807, 2.05) is 0 Å². The zero-order valence-corrected chi connectivity index (χ0v) is 68.5. The van der Waals surface area contributed by atoms with Gasteiger partial charge in [0.1, 0.15) is 19.3 Å². The van der Waals surface area contributed by atoms with E-state index in [-0.39, 0.29) is 25.7 Å². The molecule has 0 aromatic rings. The van der Waals surface area contributed by atoms with Crippen LogP contribution in [0.3, 0.4) is 0 Å². The molecule has 19 heteroatoms. The zero-order chi connectivity index (χ0) is 74.8. The molecule has 0 aromatic heterocycles. The second-order valence-corrected chi connectivity index (χ2v) is 33.3. The fourth-order valence-electron chi connectivity index (χ4n) is 12.9. The summed E-state index contributed by atoms with van der Waals surface area (Å²) in [5.41, 5.74) is 0. The first-order valence-electron chi connectivity index (χ1n) is 43.1. The van der Waals surface area contributed by atoms with Crippen LogP contribution in [0, 0.1) is 5.92 Å². The highest BCUT2D eigenvalue weighted by Gasteiger charge is 2.30. The molecule has 0 radical (unpaired) electrons. The maximum atomic E-state index is 13.1. The van der Waals surface area contributed by atoms with Gasteiger partial charge in [-0.15, -0.1) is 0 Å². The first-order chi connectivity index (χ1) is 49.5. The van der Waals surface area contributed by atoms with Crippen molar-refractivity contribution in [3.05, 3.63) is 0 Å². The first kappa shape index (κ1) is 100. The predicted octanol–water partition coefficient (Wildman–Crippen LogP) is 25.2. The highest BCUT2D eigenvalue weighted by molar-refractivity contribution is 7.47. The average molecular weight is 1490 g/mol. The number of hydrogen-bond acceptors (Lipinski definition) is 15. The molecular formula is C83H162O17P2. The number of rotatable bonds is 83. The number of phosphoric ester groups is 2. The van der Waals surface area contributed by atoms with Crippen LogP contribution >= 0.6 is 15.6 Å². The summed E-state index contributed by atoms with van der Waals surface area (Å²) in [5.74, 6) is -1.31. The van der Waals surface area contributed by atoms with Crippen molar-refractivity contribution in [1.29, 1.82) is 0 Å². The van der Waals surface area contributed by atoms with Crippen LogP contribution in [0.1, 0.15) is 446 Å². The number of aliphatic hydroxyl groups is 1. The first-order valence-corrected chi connectivity index (χ1v) is 46.1. The number of hydrogen-bond donors (Lipinski definition) is 3. The normalized spacial score (nSPS) is 13.8. The molecule has 0 aliphatic rings. The summed E-state index contributed by atoms with van der Waals surface area (Å²) < 4.78 is 68.8. The quantitative estimate of drug-likeness (QED) is 0.0222. The summed E-state index contributed by atoms with van der Waals surface area (Å²) in [5, 5.41) is 10.7. The largest absolute Gasteiger partial charge is 0.472 e. The van der Waals surface area contributed by atoms with Crippen molar-refractivity contribution < 1.29 is 80.2 Å². The summed E-state index contributed by atoms with van der Waals surface area (Å²) >= 11 is 0. The van der Waals surface area contributed by atoms with Gasteiger partial charge < -0.3 is 33.8 Å². The summed E-state index contributed by atoms with van der Waals surface area (Å²) in [6, 6.07) is 0. The van der Waals surface area contributed by atoms with E-state index in [9.17, 15) is 43.2 Å². The van der Waals surface area contributed by atoms with Crippen molar-refractivity contribution >= 4 is 39.5 Å². The van der Waals surface area contributed by atoms with Crippen LogP contribution in [0.15, 0.2) is 0 Å². The van der Waals surface area contributed by atoms with E-state index >= 15 is 0 Å².